The average Bonchev–Trinajstić information content (AvgIpc) is 2.40. The van der Waals surface area contributed by atoms with Gasteiger partial charge in [-0.25, -0.2) is 0 Å². The Hall–Kier alpha value is -0.900. The highest BCUT2D eigenvalue weighted by molar-refractivity contribution is 5.21. The van der Waals surface area contributed by atoms with E-state index in [4.69, 9.17) is 9.47 Å². The van der Waals surface area contributed by atoms with Crippen LogP contribution < -0.4 is 5.32 Å². The maximum absolute atomic E-state index is 5.56. The molecule has 0 radical (unpaired) electrons. The Morgan fingerprint density at radius 2 is 1.61 bits per heavy atom. The molecule has 0 saturated carbocycles. The van der Waals surface area contributed by atoms with Gasteiger partial charge in [-0.05, 0) is 24.6 Å². The van der Waals surface area contributed by atoms with Gasteiger partial charge in [0, 0.05) is 13.2 Å². The number of rotatable bonds is 10. The van der Waals surface area contributed by atoms with Gasteiger partial charge < -0.3 is 14.8 Å². The molecule has 1 rings (SSSR count). The van der Waals surface area contributed by atoms with Gasteiger partial charge in [0.1, 0.15) is 0 Å². The van der Waals surface area contributed by atoms with Crippen LogP contribution in [0.25, 0.3) is 0 Å². The highest BCUT2D eigenvalue weighted by Crippen LogP contribution is 2.05. The normalized spacial score (nSPS) is 10.8. The first-order chi connectivity index (χ1) is 8.86. The molecule has 0 unspecified atom stereocenters. The lowest BCUT2D eigenvalue weighted by Gasteiger charge is -2.06. The second kappa shape index (κ2) is 10.1. The highest BCUT2D eigenvalue weighted by atomic mass is 16.5. The number of ether oxygens (including phenoxy) is 2. The summed E-state index contributed by atoms with van der Waals surface area (Å²) < 4.78 is 11.0. The molecule has 0 aliphatic rings. The Bertz CT molecular complexity index is 298. The van der Waals surface area contributed by atoms with Gasteiger partial charge >= 0.3 is 0 Å². The van der Waals surface area contributed by atoms with Gasteiger partial charge in [0.2, 0.25) is 0 Å². The lowest BCUT2D eigenvalue weighted by molar-refractivity contribution is 0.0397. The standard InChI is InChI=1S/C15H25NO2/c1-3-4-9-17-10-11-18-13-15-7-5-14(6-8-15)12-16-2/h5-8,16H,3-4,9-13H2,1-2H3. The molecule has 1 aromatic carbocycles. The SMILES string of the molecule is CCCCOCCOCc1ccc(CNC)cc1. The molecule has 0 aromatic heterocycles. The predicted octanol–water partition coefficient (Wildman–Crippen LogP) is 2.74. The van der Waals surface area contributed by atoms with Crippen LogP contribution >= 0.6 is 0 Å². The molecule has 1 aromatic rings. The predicted molar refractivity (Wildman–Crippen MR) is 74.6 cm³/mol. The fourth-order valence-corrected chi connectivity index (χ4v) is 1.61. The van der Waals surface area contributed by atoms with E-state index in [0.29, 0.717) is 19.8 Å². The molecule has 0 aliphatic heterocycles. The van der Waals surface area contributed by atoms with E-state index in [-0.39, 0.29) is 0 Å². The minimum absolute atomic E-state index is 0.664. The maximum Gasteiger partial charge on any atom is 0.0718 e. The van der Waals surface area contributed by atoms with Gasteiger partial charge in [-0.2, -0.15) is 0 Å². The molecule has 102 valence electrons. The summed E-state index contributed by atoms with van der Waals surface area (Å²) in [6, 6.07) is 8.50. The first-order valence-corrected chi connectivity index (χ1v) is 6.74. The van der Waals surface area contributed by atoms with Crippen molar-refractivity contribution in [2.75, 3.05) is 26.9 Å². The summed E-state index contributed by atoms with van der Waals surface area (Å²) >= 11 is 0. The minimum atomic E-state index is 0.664. The molecule has 3 nitrogen and oxygen atoms in total. The topological polar surface area (TPSA) is 30.5 Å². The summed E-state index contributed by atoms with van der Waals surface area (Å²) in [6.45, 7) is 5.94. The van der Waals surface area contributed by atoms with Crippen LogP contribution in [0.3, 0.4) is 0 Å². The van der Waals surface area contributed by atoms with Crippen molar-refractivity contribution in [1.82, 2.24) is 5.32 Å². The zero-order chi connectivity index (χ0) is 13.1. The zero-order valence-electron chi connectivity index (χ0n) is 11.6. The van der Waals surface area contributed by atoms with Gasteiger partial charge in [-0.15, -0.1) is 0 Å². The maximum atomic E-state index is 5.56. The van der Waals surface area contributed by atoms with Crippen molar-refractivity contribution in [1.29, 1.82) is 0 Å². The van der Waals surface area contributed by atoms with Gasteiger partial charge in [0.25, 0.3) is 0 Å². The van der Waals surface area contributed by atoms with Crippen molar-refractivity contribution in [3.63, 3.8) is 0 Å². The molecule has 0 spiro atoms. The lowest BCUT2D eigenvalue weighted by atomic mass is 10.1. The molecular weight excluding hydrogens is 226 g/mol. The van der Waals surface area contributed by atoms with Crippen molar-refractivity contribution in [3.05, 3.63) is 35.4 Å². The van der Waals surface area contributed by atoms with Crippen LogP contribution in [0.2, 0.25) is 0 Å². The Balaban J connectivity index is 2.08. The Morgan fingerprint density at radius 1 is 0.944 bits per heavy atom. The summed E-state index contributed by atoms with van der Waals surface area (Å²) in [5, 5.41) is 3.13. The highest BCUT2D eigenvalue weighted by Gasteiger charge is 1.95. The first-order valence-electron chi connectivity index (χ1n) is 6.74. The quantitative estimate of drug-likeness (QED) is 0.649. The van der Waals surface area contributed by atoms with Crippen LogP contribution in [-0.2, 0) is 22.6 Å². The van der Waals surface area contributed by atoms with Gasteiger partial charge in [-0.1, -0.05) is 37.6 Å². The fourth-order valence-electron chi connectivity index (χ4n) is 1.61. The number of nitrogens with one attached hydrogen (secondary N) is 1. The third-order valence-electron chi connectivity index (χ3n) is 2.69. The van der Waals surface area contributed by atoms with E-state index in [0.717, 1.165) is 19.6 Å². The van der Waals surface area contributed by atoms with E-state index >= 15 is 0 Å². The molecule has 0 atom stereocenters. The Morgan fingerprint density at radius 3 is 2.28 bits per heavy atom. The van der Waals surface area contributed by atoms with E-state index in [1.54, 1.807) is 0 Å². The average molecular weight is 251 g/mol. The molecule has 1 N–H and O–H groups in total. The van der Waals surface area contributed by atoms with Crippen molar-refractivity contribution < 1.29 is 9.47 Å². The van der Waals surface area contributed by atoms with Crippen LogP contribution in [0.4, 0.5) is 0 Å². The fraction of sp³-hybridized carbons (Fsp3) is 0.600. The lowest BCUT2D eigenvalue weighted by Crippen LogP contribution is -2.06. The second-order valence-corrected chi connectivity index (χ2v) is 4.37. The Labute approximate surface area is 110 Å². The molecule has 0 heterocycles. The third kappa shape index (κ3) is 6.74. The van der Waals surface area contributed by atoms with E-state index < -0.39 is 0 Å². The Kier molecular flexibility index (Phi) is 8.47. The van der Waals surface area contributed by atoms with Crippen LogP contribution in [0.5, 0.6) is 0 Å². The van der Waals surface area contributed by atoms with Crippen molar-refractivity contribution in [2.24, 2.45) is 0 Å². The van der Waals surface area contributed by atoms with E-state index in [9.17, 15) is 0 Å². The van der Waals surface area contributed by atoms with Crippen LogP contribution in [0.1, 0.15) is 30.9 Å². The number of hydrogen-bond acceptors (Lipinski definition) is 3. The van der Waals surface area contributed by atoms with E-state index in [1.807, 2.05) is 7.05 Å². The summed E-state index contributed by atoms with van der Waals surface area (Å²) in [4.78, 5) is 0. The van der Waals surface area contributed by atoms with Crippen LogP contribution in [0.15, 0.2) is 24.3 Å². The summed E-state index contributed by atoms with van der Waals surface area (Å²) in [7, 11) is 1.95. The van der Waals surface area contributed by atoms with Gasteiger partial charge in [0.15, 0.2) is 0 Å². The van der Waals surface area contributed by atoms with Gasteiger partial charge in [-0.3, -0.25) is 0 Å². The smallest absolute Gasteiger partial charge is 0.0718 e. The molecule has 0 aliphatic carbocycles. The monoisotopic (exact) mass is 251 g/mol. The van der Waals surface area contributed by atoms with Gasteiger partial charge in [0.05, 0.1) is 19.8 Å². The van der Waals surface area contributed by atoms with Crippen LogP contribution in [-0.4, -0.2) is 26.9 Å². The van der Waals surface area contributed by atoms with Crippen molar-refractivity contribution >= 4 is 0 Å². The van der Waals surface area contributed by atoms with E-state index in [1.165, 1.54) is 17.5 Å². The first kappa shape index (κ1) is 15.2. The largest absolute Gasteiger partial charge is 0.379 e. The van der Waals surface area contributed by atoms with Crippen molar-refractivity contribution in [2.45, 2.75) is 32.9 Å². The number of benzene rings is 1. The molecule has 0 bridgehead atoms. The summed E-state index contributed by atoms with van der Waals surface area (Å²) in [5.41, 5.74) is 2.51. The summed E-state index contributed by atoms with van der Waals surface area (Å²) in [5.74, 6) is 0. The molecular formula is C15H25NO2. The van der Waals surface area contributed by atoms with E-state index in [2.05, 4.69) is 36.5 Å². The molecule has 0 amide bonds. The second-order valence-electron chi connectivity index (χ2n) is 4.37. The molecule has 0 saturated heterocycles. The van der Waals surface area contributed by atoms with Crippen molar-refractivity contribution in [3.8, 4) is 0 Å². The molecule has 0 fully saturated rings. The number of unbranched alkanes of at least 4 members (excludes halogenated alkanes) is 1. The minimum Gasteiger partial charge on any atom is -0.379 e. The third-order valence-corrected chi connectivity index (χ3v) is 2.69. The zero-order valence-corrected chi connectivity index (χ0v) is 11.6. The summed E-state index contributed by atoms with van der Waals surface area (Å²) in [6.07, 6.45) is 2.31. The molecule has 3 heteroatoms. The number of hydrogen-bond donors (Lipinski definition) is 1. The molecule has 18 heavy (non-hydrogen) atoms. The van der Waals surface area contributed by atoms with Crippen LogP contribution in [0, 0.1) is 0 Å².